The summed E-state index contributed by atoms with van der Waals surface area (Å²) >= 11 is 0. The third-order valence-electron chi connectivity index (χ3n) is 6.47. The van der Waals surface area contributed by atoms with E-state index in [1.165, 1.54) is 9.87 Å². The number of aromatic nitrogens is 4. The highest BCUT2D eigenvalue weighted by atomic mass is 32.2. The van der Waals surface area contributed by atoms with Crippen LogP contribution in [0.4, 0.5) is 0 Å². The van der Waals surface area contributed by atoms with E-state index in [1.54, 1.807) is 35.2 Å². The Morgan fingerprint density at radius 2 is 1.59 bits per heavy atom. The summed E-state index contributed by atoms with van der Waals surface area (Å²) < 4.78 is 29.9. The average Bonchev–Trinajstić information content (AvgIpc) is 3.24. The lowest BCUT2D eigenvalue weighted by Gasteiger charge is -2.34. The van der Waals surface area contributed by atoms with E-state index in [0.717, 1.165) is 40.6 Å². The lowest BCUT2D eigenvalue weighted by atomic mass is 9.92. The second kappa shape index (κ2) is 9.15. The number of para-hydroxylation sites is 1. The lowest BCUT2D eigenvalue weighted by molar-refractivity contribution is -0.133. The van der Waals surface area contributed by atoms with Crippen molar-refractivity contribution in [3.8, 4) is 5.69 Å². The number of benzene rings is 2. The molecule has 178 valence electrons. The van der Waals surface area contributed by atoms with Crippen molar-refractivity contribution in [1.29, 1.82) is 0 Å². The number of rotatable bonds is 5. The second-order valence-corrected chi connectivity index (χ2v) is 10.5. The summed E-state index contributed by atoms with van der Waals surface area (Å²) in [6, 6.07) is 14.3. The van der Waals surface area contributed by atoms with Gasteiger partial charge >= 0.3 is 5.69 Å². The molecular formula is C23H26N6O4S. The van der Waals surface area contributed by atoms with Gasteiger partial charge < -0.3 is 4.90 Å². The first kappa shape index (κ1) is 22.5. The largest absolute Gasteiger partial charge is 0.368 e. The van der Waals surface area contributed by atoms with Gasteiger partial charge in [-0.15, -0.1) is 0 Å². The summed E-state index contributed by atoms with van der Waals surface area (Å²) in [5.41, 5.74) is 2.41. The molecule has 34 heavy (non-hydrogen) atoms. The Labute approximate surface area is 197 Å². The van der Waals surface area contributed by atoms with Crippen molar-refractivity contribution in [2.75, 3.05) is 26.2 Å². The molecule has 1 fully saturated rings. The van der Waals surface area contributed by atoms with Crippen LogP contribution in [0.15, 0.2) is 58.2 Å². The quantitative estimate of drug-likeness (QED) is 0.533. The molecular weight excluding hydrogens is 456 g/mol. The van der Waals surface area contributed by atoms with Gasteiger partial charge in [-0.2, -0.15) is 13.7 Å². The van der Waals surface area contributed by atoms with Crippen molar-refractivity contribution in [3.63, 3.8) is 0 Å². The molecule has 1 aliphatic carbocycles. The monoisotopic (exact) mass is 482 g/mol. The van der Waals surface area contributed by atoms with Gasteiger partial charge in [0.1, 0.15) is 6.54 Å². The topological polar surface area (TPSA) is 110 Å². The molecule has 10 nitrogen and oxygen atoms in total. The zero-order valence-corrected chi connectivity index (χ0v) is 19.5. The Morgan fingerprint density at radius 3 is 2.32 bits per heavy atom. The van der Waals surface area contributed by atoms with Gasteiger partial charge in [0.15, 0.2) is 0 Å². The van der Waals surface area contributed by atoms with E-state index in [0.29, 0.717) is 10.6 Å². The van der Waals surface area contributed by atoms with Gasteiger partial charge in [-0.1, -0.05) is 24.3 Å². The van der Waals surface area contributed by atoms with Crippen LogP contribution in [0.2, 0.25) is 0 Å². The van der Waals surface area contributed by atoms with E-state index < -0.39 is 15.7 Å². The smallest absolute Gasteiger partial charge is 0.338 e. The van der Waals surface area contributed by atoms with Crippen molar-refractivity contribution >= 4 is 15.9 Å². The van der Waals surface area contributed by atoms with Crippen LogP contribution in [0, 0.1) is 0 Å². The zero-order chi connectivity index (χ0) is 23.7. The van der Waals surface area contributed by atoms with Crippen LogP contribution < -0.4 is 5.69 Å². The number of nitrogens with zero attached hydrogens (tertiary/aromatic N) is 6. The summed E-state index contributed by atoms with van der Waals surface area (Å²) in [5.74, 6) is -0.298. The maximum atomic E-state index is 13.2. The molecule has 1 saturated heterocycles. The summed E-state index contributed by atoms with van der Waals surface area (Å²) in [6.45, 7) is 0.673. The van der Waals surface area contributed by atoms with Gasteiger partial charge in [0.05, 0.1) is 10.6 Å². The number of fused-ring (bicyclic) bond motifs is 1. The molecule has 5 rings (SSSR count). The summed E-state index contributed by atoms with van der Waals surface area (Å²) in [4.78, 5) is 27.2. The zero-order valence-electron chi connectivity index (χ0n) is 18.7. The number of sulfonamides is 1. The van der Waals surface area contributed by atoms with E-state index in [1.807, 2.05) is 18.2 Å². The first-order valence-corrected chi connectivity index (χ1v) is 12.9. The standard InChI is InChI=1S/C23H26N6O4S/c30-22(17-28-23(31)29(25-24-28)20-8-2-1-3-9-20)26-12-14-27(15-13-26)34(32,33)21-11-10-18-6-4-5-7-19(18)16-21/h1-3,8-11,16H,4-7,12-15,17H2. The maximum Gasteiger partial charge on any atom is 0.368 e. The fourth-order valence-corrected chi connectivity index (χ4v) is 6.00. The number of amides is 1. The van der Waals surface area contributed by atoms with Crippen LogP contribution in [-0.4, -0.2) is 69.5 Å². The van der Waals surface area contributed by atoms with Gasteiger partial charge in [-0.3, -0.25) is 4.79 Å². The van der Waals surface area contributed by atoms with Crippen molar-refractivity contribution < 1.29 is 13.2 Å². The molecule has 3 aromatic rings. The number of hydrogen-bond acceptors (Lipinski definition) is 6. The molecule has 1 amide bonds. The van der Waals surface area contributed by atoms with Crippen molar-refractivity contribution in [1.82, 2.24) is 29.0 Å². The van der Waals surface area contributed by atoms with Crippen molar-refractivity contribution in [2.45, 2.75) is 37.1 Å². The summed E-state index contributed by atoms with van der Waals surface area (Å²) in [6.07, 6.45) is 4.14. The van der Waals surface area contributed by atoms with Gasteiger partial charge in [-0.25, -0.2) is 13.2 Å². The van der Waals surface area contributed by atoms with E-state index in [-0.39, 0.29) is 38.6 Å². The average molecular weight is 483 g/mol. The summed E-state index contributed by atoms with van der Waals surface area (Å²) in [7, 11) is -3.62. The molecule has 0 N–H and O–H groups in total. The fraction of sp³-hybridized carbons (Fsp3) is 0.391. The molecule has 1 aliphatic heterocycles. The van der Waals surface area contributed by atoms with Gasteiger partial charge in [0, 0.05) is 26.2 Å². The van der Waals surface area contributed by atoms with E-state index in [4.69, 9.17) is 0 Å². The Kier molecular flexibility index (Phi) is 6.05. The molecule has 2 heterocycles. The molecule has 0 spiro atoms. The molecule has 2 aromatic carbocycles. The molecule has 0 bridgehead atoms. The Balaban J connectivity index is 1.23. The Hall–Kier alpha value is -3.31. The van der Waals surface area contributed by atoms with Crippen LogP contribution in [0.3, 0.4) is 0 Å². The predicted octanol–water partition coefficient (Wildman–Crippen LogP) is 0.841. The van der Waals surface area contributed by atoms with Crippen LogP contribution >= 0.6 is 0 Å². The lowest BCUT2D eigenvalue weighted by Crippen LogP contribution is -2.51. The van der Waals surface area contributed by atoms with E-state index >= 15 is 0 Å². The molecule has 0 saturated carbocycles. The van der Waals surface area contributed by atoms with Gasteiger partial charge in [0.2, 0.25) is 15.9 Å². The molecule has 0 atom stereocenters. The van der Waals surface area contributed by atoms with Crippen LogP contribution in [0.5, 0.6) is 0 Å². The van der Waals surface area contributed by atoms with Crippen LogP contribution in [0.25, 0.3) is 5.69 Å². The van der Waals surface area contributed by atoms with E-state index in [2.05, 4.69) is 10.4 Å². The second-order valence-electron chi connectivity index (χ2n) is 8.59. The summed E-state index contributed by atoms with van der Waals surface area (Å²) in [5, 5.41) is 7.67. The minimum Gasteiger partial charge on any atom is -0.338 e. The minimum atomic E-state index is -3.62. The number of aryl methyl sites for hydroxylation is 2. The Bertz CT molecular complexity index is 1360. The van der Waals surface area contributed by atoms with Crippen molar-refractivity contribution in [2.24, 2.45) is 0 Å². The normalized spacial score (nSPS) is 16.9. The van der Waals surface area contributed by atoms with E-state index in [9.17, 15) is 18.0 Å². The highest BCUT2D eigenvalue weighted by Crippen LogP contribution is 2.26. The molecule has 11 heteroatoms. The van der Waals surface area contributed by atoms with Gasteiger partial charge in [0.25, 0.3) is 0 Å². The molecule has 2 aliphatic rings. The van der Waals surface area contributed by atoms with Crippen LogP contribution in [0.1, 0.15) is 24.0 Å². The Morgan fingerprint density at radius 1 is 0.882 bits per heavy atom. The fourth-order valence-electron chi connectivity index (χ4n) is 4.53. The SMILES string of the molecule is O=C(Cn1nnn(-c2ccccc2)c1=O)N1CCN(S(=O)(=O)c2ccc3c(c2)CCCC3)CC1. The number of tetrazole rings is 1. The first-order valence-electron chi connectivity index (χ1n) is 11.4. The van der Waals surface area contributed by atoms with Crippen LogP contribution in [-0.2, 0) is 34.2 Å². The number of hydrogen-bond donors (Lipinski definition) is 0. The minimum absolute atomic E-state index is 0.205. The highest BCUT2D eigenvalue weighted by molar-refractivity contribution is 7.89. The third-order valence-corrected chi connectivity index (χ3v) is 8.37. The third kappa shape index (κ3) is 4.28. The number of carbonyl (C=O) groups is 1. The predicted molar refractivity (Wildman–Crippen MR) is 124 cm³/mol. The molecule has 1 aromatic heterocycles. The maximum absolute atomic E-state index is 13.2. The molecule has 0 unspecified atom stereocenters. The first-order chi connectivity index (χ1) is 16.4. The highest BCUT2D eigenvalue weighted by Gasteiger charge is 2.31. The number of piperazine rings is 1. The van der Waals surface area contributed by atoms with Crippen molar-refractivity contribution in [3.05, 3.63) is 70.1 Å². The molecule has 0 radical (unpaired) electrons. The number of carbonyl (C=O) groups excluding carboxylic acids is 1. The van der Waals surface area contributed by atoms with Gasteiger partial charge in [-0.05, 0) is 71.5 Å².